The summed E-state index contributed by atoms with van der Waals surface area (Å²) >= 11 is 17.7. The van der Waals surface area contributed by atoms with Crippen molar-refractivity contribution in [1.82, 2.24) is 5.32 Å². The number of ether oxygens (including phenoxy) is 1. The Morgan fingerprint density at radius 2 is 2.00 bits per heavy atom. The molecule has 1 rings (SSSR count). The van der Waals surface area contributed by atoms with Crippen molar-refractivity contribution in [3.05, 3.63) is 0 Å². The maximum Gasteiger partial charge on any atom is 0.262 e. The van der Waals surface area contributed by atoms with Gasteiger partial charge in [-0.2, -0.15) is 0 Å². The predicted molar refractivity (Wildman–Crippen MR) is 64.0 cm³/mol. The van der Waals surface area contributed by atoms with E-state index in [0.29, 0.717) is 19.6 Å². The van der Waals surface area contributed by atoms with Crippen LogP contribution >= 0.6 is 34.8 Å². The Morgan fingerprint density at radius 3 is 2.44 bits per heavy atom. The molecule has 0 bridgehead atoms. The SMILES string of the molecule is CCC(=O)N[C@H]([NH+]1CCOCC1)C(Cl)(Cl)Cl. The van der Waals surface area contributed by atoms with Crippen LogP contribution in [-0.2, 0) is 9.53 Å². The summed E-state index contributed by atoms with van der Waals surface area (Å²) in [4.78, 5) is 12.4. The first kappa shape index (κ1) is 14.3. The van der Waals surface area contributed by atoms with Crippen LogP contribution < -0.4 is 10.2 Å². The van der Waals surface area contributed by atoms with E-state index in [0.717, 1.165) is 18.0 Å². The van der Waals surface area contributed by atoms with Crippen LogP contribution in [0.2, 0.25) is 0 Å². The van der Waals surface area contributed by atoms with Gasteiger partial charge in [-0.1, -0.05) is 41.7 Å². The van der Waals surface area contributed by atoms with Crippen LogP contribution in [0.25, 0.3) is 0 Å². The number of quaternary nitrogens is 1. The molecule has 1 aliphatic heterocycles. The Kier molecular flexibility index (Phi) is 5.61. The largest absolute Gasteiger partial charge is 0.370 e. The van der Waals surface area contributed by atoms with E-state index in [1.165, 1.54) is 0 Å². The van der Waals surface area contributed by atoms with E-state index >= 15 is 0 Å². The summed E-state index contributed by atoms with van der Waals surface area (Å²) in [7, 11) is 0. The number of hydrogen-bond donors (Lipinski definition) is 2. The molecular formula is C9H16Cl3N2O2+. The Labute approximate surface area is 110 Å². The summed E-state index contributed by atoms with van der Waals surface area (Å²) in [6, 6.07) is 0. The molecule has 0 spiro atoms. The fourth-order valence-electron chi connectivity index (χ4n) is 1.60. The third kappa shape index (κ3) is 4.26. The van der Waals surface area contributed by atoms with E-state index in [2.05, 4.69) is 5.32 Å². The smallest absolute Gasteiger partial charge is 0.262 e. The van der Waals surface area contributed by atoms with Gasteiger partial charge in [0.15, 0.2) is 0 Å². The van der Waals surface area contributed by atoms with Crippen LogP contribution in [0, 0.1) is 0 Å². The number of rotatable bonds is 3. The number of halogens is 3. The highest BCUT2D eigenvalue weighted by Crippen LogP contribution is 2.27. The van der Waals surface area contributed by atoms with Gasteiger partial charge in [0.1, 0.15) is 13.1 Å². The van der Waals surface area contributed by atoms with E-state index in [1.54, 1.807) is 6.92 Å². The van der Waals surface area contributed by atoms with Crippen LogP contribution in [0.5, 0.6) is 0 Å². The summed E-state index contributed by atoms with van der Waals surface area (Å²) in [5.41, 5.74) is 0. The van der Waals surface area contributed by atoms with E-state index in [4.69, 9.17) is 39.5 Å². The lowest BCUT2D eigenvalue weighted by Crippen LogP contribution is -3.21. The number of hydrogen-bond acceptors (Lipinski definition) is 2. The molecule has 1 aliphatic rings. The van der Waals surface area contributed by atoms with Crippen molar-refractivity contribution in [1.29, 1.82) is 0 Å². The van der Waals surface area contributed by atoms with Gasteiger partial charge in [0.25, 0.3) is 3.79 Å². The minimum absolute atomic E-state index is 0.115. The minimum atomic E-state index is -1.50. The van der Waals surface area contributed by atoms with Crippen LogP contribution in [0.1, 0.15) is 13.3 Å². The Hall–Kier alpha value is 0.260. The average molecular weight is 291 g/mol. The van der Waals surface area contributed by atoms with Crippen molar-refractivity contribution in [3.63, 3.8) is 0 Å². The number of carbonyl (C=O) groups excluding carboxylic acids is 1. The monoisotopic (exact) mass is 289 g/mol. The number of alkyl halides is 3. The quantitative estimate of drug-likeness (QED) is 0.725. The van der Waals surface area contributed by atoms with Crippen molar-refractivity contribution in [3.8, 4) is 0 Å². The normalized spacial score (nSPS) is 20.5. The third-order valence-electron chi connectivity index (χ3n) is 2.50. The molecule has 1 heterocycles. The van der Waals surface area contributed by atoms with Crippen molar-refractivity contribution in [2.45, 2.75) is 23.3 Å². The Bertz CT molecular complexity index is 239. The van der Waals surface area contributed by atoms with Gasteiger partial charge in [-0.15, -0.1) is 0 Å². The average Bonchev–Trinajstić information content (AvgIpc) is 2.25. The first-order chi connectivity index (χ1) is 7.45. The van der Waals surface area contributed by atoms with Crippen molar-refractivity contribution in [2.24, 2.45) is 0 Å². The molecule has 4 nitrogen and oxygen atoms in total. The zero-order valence-electron chi connectivity index (χ0n) is 9.06. The van der Waals surface area contributed by atoms with E-state index in [-0.39, 0.29) is 5.91 Å². The molecule has 1 amide bonds. The second-order valence-corrected chi connectivity index (χ2v) is 6.04. The zero-order chi connectivity index (χ0) is 12.2. The number of amides is 1. The molecule has 1 saturated heterocycles. The van der Waals surface area contributed by atoms with Gasteiger partial charge in [0.05, 0.1) is 13.2 Å². The highest BCUT2D eigenvalue weighted by molar-refractivity contribution is 6.68. The maximum absolute atomic E-state index is 11.4. The number of morpholine rings is 1. The molecule has 0 radical (unpaired) electrons. The Balaban J connectivity index is 2.66. The maximum atomic E-state index is 11.4. The summed E-state index contributed by atoms with van der Waals surface area (Å²) in [6.45, 7) is 4.45. The van der Waals surface area contributed by atoms with Gasteiger partial charge >= 0.3 is 0 Å². The van der Waals surface area contributed by atoms with Crippen molar-refractivity contribution in [2.75, 3.05) is 26.3 Å². The van der Waals surface area contributed by atoms with Crippen molar-refractivity contribution < 1.29 is 14.4 Å². The summed E-state index contributed by atoms with van der Waals surface area (Å²) in [6.07, 6.45) is -0.144. The van der Waals surface area contributed by atoms with Crippen LogP contribution in [0.15, 0.2) is 0 Å². The molecule has 0 aromatic rings. The minimum Gasteiger partial charge on any atom is -0.370 e. The molecular weight excluding hydrogens is 274 g/mol. The second-order valence-electron chi connectivity index (χ2n) is 3.67. The molecule has 2 N–H and O–H groups in total. The fraction of sp³-hybridized carbons (Fsp3) is 0.889. The predicted octanol–water partition coefficient (Wildman–Crippen LogP) is 0.124. The van der Waals surface area contributed by atoms with Gasteiger partial charge in [0, 0.05) is 6.42 Å². The summed E-state index contributed by atoms with van der Waals surface area (Å²) in [5, 5.41) is 2.75. The molecule has 94 valence electrons. The highest BCUT2D eigenvalue weighted by Gasteiger charge is 2.42. The first-order valence-corrected chi connectivity index (χ1v) is 6.37. The molecule has 7 heteroatoms. The molecule has 0 aromatic carbocycles. The second kappa shape index (κ2) is 6.26. The zero-order valence-corrected chi connectivity index (χ0v) is 11.3. The molecule has 1 fully saturated rings. The molecule has 0 aromatic heterocycles. The summed E-state index contributed by atoms with van der Waals surface area (Å²) < 4.78 is 3.73. The van der Waals surface area contributed by atoms with Gasteiger partial charge in [0.2, 0.25) is 12.1 Å². The van der Waals surface area contributed by atoms with E-state index < -0.39 is 9.96 Å². The van der Waals surface area contributed by atoms with E-state index in [9.17, 15) is 4.79 Å². The molecule has 0 aliphatic carbocycles. The van der Waals surface area contributed by atoms with Crippen molar-refractivity contribution >= 4 is 40.7 Å². The van der Waals surface area contributed by atoms with Gasteiger partial charge in [-0.3, -0.25) is 4.79 Å². The molecule has 16 heavy (non-hydrogen) atoms. The van der Waals surface area contributed by atoms with Crippen LogP contribution in [0.3, 0.4) is 0 Å². The first-order valence-electron chi connectivity index (χ1n) is 5.23. The molecule has 0 saturated carbocycles. The lowest BCUT2D eigenvalue weighted by atomic mass is 10.3. The Morgan fingerprint density at radius 1 is 1.44 bits per heavy atom. The van der Waals surface area contributed by atoms with Gasteiger partial charge < -0.3 is 15.0 Å². The number of carbonyl (C=O) groups is 1. The lowest BCUT2D eigenvalue weighted by Gasteiger charge is -2.35. The van der Waals surface area contributed by atoms with Crippen LogP contribution in [0.4, 0.5) is 0 Å². The van der Waals surface area contributed by atoms with Gasteiger partial charge in [-0.05, 0) is 0 Å². The molecule has 1 atom stereocenters. The molecule has 0 unspecified atom stereocenters. The fourth-order valence-corrected chi connectivity index (χ4v) is 2.23. The highest BCUT2D eigenvalue weighted by atomic mass is 35.6. The lowest BCUT2D eigenvalue weighted by molar-refractivity contribution is -0.934. The van der Waals surface area contributed by atoms with Gasteiger partial charge in [-0.25, -0.2) is 0 Å². The number of nitrogens with one attached hydrogen (secondary N) is 2. The van der Waals surface area contributed by atoms with E-state index in [1.807, 2.05) is 0 Å². The summed E-state index contributed by atoms with van der Waals surface area (Å²) in [5.74, 6) is -0.115. The topological polar surface area (TPSA) is 42.8 Å². The standard InChI is InChI=1S/C9H15Cl3N2O2/c1-2-7(15)13-8(9(10,11)12)14-3-5-16-6-4-14/h8H,2-6H2,1H3,(H,13,15)/p+1/t8-/m1/s1. The third-order valence-corrected chi connectivity index (χ3v) is 3.15. The van der Waals surface area contributed by atoms with Crippen LogP contribution in [-0.4, -0.2) is 42.2 Å².